The lowest BCUT2D eigenvalue weighted by Gasteiger charge is -2.36. The van der Waals surface area contributed by atoms with Crippen molar-refractivity contribution in [1.82, 2.24) is 9.78 Å². The number of ketones is 1. The first kappa shape index (κ1) is 27.0. The maximum absolute atomic E-state index is 13.4. The van der Waals surface area contributed by atoms with E-state index in [1.54, 1.807) is 6.92 Å². The van der Waals surface area contributed by atoms with Crippen molar-refractivity contribution in [3.63, 3.8) is 0 Å². The summed E-state index contributed by atoms with van der Waals surface area (Å²) in [6.45, 7) is 13.4. The van der Waals surface area contributed by atoms with Crippen LogP contribution in [0.4, 0.5) is 4.39 Å². The minimum atomic E-state index is -1.83. The summed E-state index contributed by atoms with van der Waals surface area (Å²) < 4.78 is 31.5. The molecule has 0 aliphatic heterocycles. The van der Waals surface area contributed by atoms with Gasteiger partial charge in [0, 0.05) is 24.7 Å². The quantitative estimate of drug-likeness (QED) is 0.175. The molecule has 0 atom stereocenters. The molecule has 182 valence electrons. The Hall–Kier alpha value is -2.23. The van der Waals surface area contributed by atoms with Gasteiger partial charge in [0.05, 0.1) is 18.2 Å². The van der Waals surface area contributed by atoms with E-state index in [1.165, 1.54) is 22.9 Å². The molecule has 0 aliphatic rings. The summed E-state index contributed by atoms with van der Waals surface area (Å²) in [5.41, 5.74) is 0.294. The van der Waals surface area contributed by atoms with E-state index in [1.807, 2.05) is 0 Å². The molecule has 2 aromatic rings. The molecule has 33 heavy (non-hydrogen) atoms. The summed E-state index contributed by atoms with van der Waals surface area (Å²) in [6.07, 6.45) is 0.654. The number of carbonyl (C=O) groups excluding carboxylic acids is 2. The molecule has 0 unspecified atom stereocenters. The molecular weight excluding hydrogens is 467 g/mol. The molecule has 0 radical (unpaired) electrons. The van der Waals surface area contributed by atoms with Crippen molar-refractivity contribution in [2.75, 3.05) is 19.8 Å². The van der Waals surface area contributed by atoms with Gasteiger partial charge in [0.1, 0.15) is 12.4 Å². The Morgan fingerprint density at radius 3 is 2.48 bits per heavy atom. The molecule has 7 nitrogen and oxygen atoms in total. The SMILES string of the molecule is CCOC(=O)c1cc(OCCCO[Si](C)(C)C(C)(C)C)nn1CC(=O)c1ccc(F)c(Cl)c1. The molecule has 0 amide bonds. The van der Waals surface area contributed by atoms with Crippen LogP contribution in [0.25, 0.3) is 0 Å². The van der Waals surface area contributed by atoms with E-state index in [0.717, 1.165) is 6.07 Å². The first-order valence-electron chi connectivity index (χ1n) is 10.9. The summed E-state index contributed by atoms with van der Waals surface area (Å²) in [6, 6.07) is 5.13. The van der Waals surface area contributed by atoms with Crippen molar-refractivity contribution < 1.29 is 27.9 Å². The van der Waals surface area contributed by atoms with Crippen LogP contribution in [0.1, 0.15) is 55.0 Å². The van der Waals surface area contributed by atoms with Crippen molar-refractivity contribution in [3.8, 4) is 5.88 Å². The Labute approximate surface area is 200 Å². The Kier molecular flexibility index (Phi) is 9.22. The highest BCUT2D eigenvalue weighted by molar-refractivity contribution is 6.74. The maximum Gasteiger partial charge on any atom is 0.356 e. The highest BCUT2D eigenvalue weighted by Gasteiger charge is 2.36. The fraction of sp³-hybridized carbons (Fsp3) is 0.522. The van der Waals surface area contributed by atoms with Crippen molar-refractivity contribution >= 4 is 31.7 Å². The number of benzene rings is 1. The van der Waals surface area contributed by atoms with Gasteiger partial charge < -0.3 is 13.9 Å². The lowest BCUT2D eigenvalue weighted by Crippen LogP contribution is -2.41. The minimum absolute atomic E-state index is 0.0888. The van der Waals surface area contributed by atoms with Gasteiger partial charge in [0.2, 0.25) is 5.88 Å². The first-order valence-corrected chi connectivity index (χ1v) is 14.1. The molecule has 0 aliphatic carbocycles. The van der Waals surface area contributed by atoms with Crippen LogP contribution >= 0.6 is 11.6 Å². The van der Waals surface area contributed by atoms with Crippen molar-refractivity contribution in [2.45, 2.75) is 58.8 Å². The number of carbonyl (C=O) groups is 2. The van der Waals surface area contributed by atoms with E-state index in [0.29, 0.717) is 19.6 Å². The van der Waals surface area contributed by atoms with Gasteiger partial charge in [-0.1, -0.05) is 32.4 Å². The molecule has 1 aromatic heterocycles. The molecule has 0 spiro atoms. The van der Waals surface area contributed by atoms with E-state index < -0.39 is 20.1 Å². The fourth-order valence-corrected chi connectivity index (χ4v) is 3.90. The number of hydrogen-bond acceptors (Lipinski definition) is 6. The van der Waals surface area contributed by atoms with Gasteiger partial charge in [-0.2, -0.15) is 0 Å². The van der Waals surface area contributed by atoms with Crippen LogP contribution in [-0.2, 0) is 15.7 Å². The number of esters is 1. The number of aromatic nitrogens is 2. The Morgan fingerprint density at radius 1 is 1.18 bits per heavy atom. The maximum atomic E-state index is 13.4. The molecule has 0 saturated heterocycles. The van der Waals surface area contributed by atoms with Crippen LogP contribution < -0.4 is 4.74 Å². The summed E-state index contributed by atoms with van der Waals surface area (Å²) in [7, 11) is -1.83. The van der Waals surface area contributed by atoms with E-state index in [4.69, 9.17) is 25.5 Å². The van der Waals surface area contributed by atoms with Gasteiger partial charge in [-0.15, -0.1) is 5.10 Å². The highest BCUT2D eigenvalue weighted by atomic mass is 35.5. The summed E-state index contributed by atoms with van der Waals surface area (Å²) in [5, 5.41) is 4.21. The zero-order valence-electron chi connectivity index (χ0n) is 20.0. The van der Waals surface area contributed by atoms with Crippen LogP contribution in [0, 0.1) is 5.82 Å². The highest BCUT2D eigenvalue weighted by Crippen LogP contribution is 2.36. The van der Waals surface area contributed by atoms with Crippen LogP contribution in [0.2, 0.25) is 23.2 Å². The van der Waals surface area contributed by atoms with Crippen LogP contribution in [0.3, 0.4) is 0 Å². The van der Waals surface area contributed by atoms with Gasteiger partial charge in [0.15, 0.2) is 19.8 Å². The van der Waals surface area contributed by atoms with E-state index >= 15 is 0 Å². The third kappa shape index (κ3) is 7.38. The number of Topliss-reactive ketones (excluding diaryl/α,β-unsaturated/α-hetero) is 1. The molecule has 0 fully saturated rings. The van der Waals surface area contributed by atoms with Gasteiger partial charge >= 0.3 is 5.97 Å². The lowest BCUT2D eigenvalue weighted by molar-refractivity contribution is 0.0512. The molecule has 2 rings (SSSR count). The zero-order chi connectivity index (χ0) is 24.8. The predicted octanol–water partition coefficient (Wildman–Crippen LogP) is 5.53. The zero-order valence-corrected chi connectivity index (χ0v) is 21.8. The third-order valence-electron chi connectivity index (χ3n) is 5.58. The Balaban J connectivity index is 2.05. The lowest BCUT2D eigenvalue weighted by atomic mass is 10.1. The van der Waals surface area contributed by atoms with E-state index in [9.17, 15) is 14.0 Å². The summed E-state index contributed by atoms with van der Waals surface area (Å²) in [4.78, 5) is 25.0. The second-order valence-electron chi connectivity index (χ2n) is 9.11. The first-order chi connectivity index (χ1) is 15.4. The van der Waals surface area contributed by atoms with Gasteiger partial charge in [-0.3, -0.25) is 4.79 Å². The number of hydrogen-bond donors (Lipinski definition) is 0. The third-order valence-corrected chi connectivity index (χ3v) is 10.4. The molecular formula is C23H32ClFN2O5Si. The Morgan fingerprint density at radius 2 is 1.88 bits per heavy atom. The van der Waals surface area contributed by atoms with Crippen LogP contribution in [-0.4, -0.2) is 49.7 Å². The molecule has 0 N–H and O–H groups in total. The van der Waals surface area contributed by atoms with Gasteiger partial charge in [0.25, 0.3) is 0 Å². The molecule has 1 aromatic carbocycles. The summed E-state index contributed by atoms with van der Waals surface area (Å²) in [5.74, 6) is -1.42. The van der Waals surface area contributed by atoms with Gasteiger partial charge in [-0.05, 0) is 43.3 Å². The summed E-state index contributed by atoms with van der Waals surface area (Å²) >= 11 is 5.77. The Bertz CT molecular complexity index is 988. The van der Waals surface area contributed by atoms with E-state index in [-0.39, 0.29) is 46.1 Å². The monoisotopic (exact) mass is 498 g/mol. The number of rotatable bonds is 11. The van der Waals surface area contributed by atoms with E-state index in [2.05, 4.69) is 39.0 Å². The van der Waals surface area contributed by atoms with Crippen LogP contribution in [0.5, 0.6) is 5.88 Å². The van der Waals surface area contributed by atoms with Crippen LogP contribution in [0.15, 0.2) is 24.3 Å². The van der Waals surface area contributed by atoms with Crippen molar-refractivity contribution in [1.29, 1.82) is 0 Å². The average molecular weight is 499 g/mol. The second kappa shape index (κ2) is 11.3. The molecule has 1 heterocycles. The van der Waals surface area contributed by atoms with Crippen molar-refractivity contribution in [3.05, 3.63) is 46.4 Å². The number of nitrogens with zero attached hydrogens (tertiary/aromatic N) is 2. The molecule has 0 saturated carbocycles. The predicted molar refractivity (Wildman–Crippen MR) is 127 cm³/mol. The average Bonchev–Trinajstić information content (AvgIpc) is 3.11. The largest absolute Gasteiger partial charge is 0.477 e. The normalized spacial score (nSPS) is 12.0. The van der Waals surface area contributed by atoms with Crippen molar-refractivity contribution in [2.24, 2.45) is 0 Å². The second-order valence-corrected chi connectivity index (χ2v) is 14.3. The fourth-order valence-electron chi connectivity index (χ4n) is 2.63. The smallest absolute Gasteiger partial charge is 0.356 e. The standard InChI is InChI=1S/C23H32ClFN2O5Si/c1-7-30-22(29)19-14-21(31-11-8-12-32-33(5,6)23(2,3)4)26-27(19)15-20(28)16-9-10-18(25)17(24)13-16/h9-10,13-14H,7-8,11-12,15H2,1-6H3. The van der Waals surface area contributed by atoms with Gasteiger partial charge in [-0.25, -0.2) is 13.9 Å². The molecule has 0 bridgehead atoms. The minimum Gasteiger partial charge on any atom is -0.477 e. The topological polar surface area (TPSA) is 79.7 Å². The number of ether oxygens (including phenoxy) is 2. The molecule has 10 heteroatoms. The number of halogens is 2.